The van der Waals surface area contributed by atoms with Gasteiger partial charge in [0.05, 0.1) is 36.3 Å². The van der Waals surface area contributed by atoms with Crippen LogP contribution >= 0.6 is 0 Å². The highest BCUT2D eigenvalue weighted by molar-refractivity contribution is 5.94. The van der Waals surface area contributed by atoms with E-state index in [2.05, 4.69) is 0 Å². The van der Waals surface area contributed by atoms with E-state index in [0.717, 1.165) is 0 Å². The maximum absolute atomic E-state index is 12.3. The van der Waals surface area contributed by atoms with Crippen molar-refractivity contribution >= 4 is 11.9 Å². The van der Waals surface area contributed by atoms with Crippen molar-refractivity contribution in [2.24, 2.45) is 0 Å². The van der Waals surface area contributed by atoms with E-state index in [-0.39, 0.29) is 13.2 Å². The summed E-state index contributed by atoms with van der Waals surface area (Å²) in [5.41, 5.74) is 1.48. The molecule has 1 aliphatic heterocycles. The van der Waals surface area contributed by atoms with Gasteiger partial charge in [-0.15, -0.1) is 0 Å². The highest BCUT2D eigenvalue weighted by Gasteiger charge is 2.45. The van der Waals surface area contributed by atoms with Gasteiger partial charge in [0.1, 0.15) is 5.76 Å². The number of hydrogen-bond donors (Lipinski definition) is 0. The Balaban J connectivity index is 2.44. The molecule has 0 bridgehead atoms. The minimum Gasteiger partial charge on any atom is -0.482 e. The standard InChI is InChI=1S/C18H19NO5/c1-4-22-17(20)14-11(3)24-16(18(21)23-5-2)15(14)13-8-6-12(10-19)7-9-13/h6-9,15-16H,4-5H2,1-3H3/t15-,16-/m0/s1. The highest BCUT2D eigenvalue weighted by Crippen LogP contribution is 2.40. The number of nitriles is 1. The van der Waals surface area contributed by atoms with Gasteiger partial charge < -0.3 is 14.2 Å². The molecular formula is C18H19NO5. The molecule has 1 heterocycles. The van der Waals surface area contributed by atoms with Crippen molar-refractivity contribution in [1.29, 1.82) is 5.26 Å². The SMILES string of the molecule is CCOC(=O)C1=C(C)O[C@H](C(=O)OCC)[C@H]1c1ccc(C#N)cc1. The van der Waals surface area contributed by atoms with Crippen LogP contribution in [0.15, 0.2) is 35.6 Å². The molecule has 0 fully saturated rings. The Labute approximate surface area is 140 Å². The molecule has 1 aliphatic rings. The van der Waals surface area contributed by atoms with Gasteiger partial charge in [-0.2, -0.15) is 5.26 Å². The summed E-state index contributed by atoms with van der Waals surface area (Å²) in [5, 5.41) is 8.92. The third kappa shape index (κ3) is 3.40. The van der Waals surface area contributed by atoms with E-state index in [1.54, 1.807) is 45.0 Å². The number of benzene rings is 1. The first kappa shape index (κ1) is 17.5. The second-order valence-corrected chi connectivity index (χ2v) is 5.19. The first-order chi connectivity index (χ1) is 11.5. The van der Waals surface area contributed by atoms with Gasteiger partial charge in [0.2, 0.25) is 6.10 Å². The molecule has 0 aromatic heterocycles. The van der Waals surface area contributed by atoms with Crippen molar-refractivity contribution in [2.45, 2.75) is 32.8 Å². The molecule has 0 spiro atoms. The van der Waals surface area contributed by atoms with Gasteiger partial charge >= 0.3 is 11.9 Å². The molecular weight excluding hydrogens is 310 g/mol. The Morgan fingerprint density at radius 2 is 1.79 bits per heavy atom. The summed E-state index contributed by atoms with van der Waals surface area (Å²) in [5.74, 6) is -1.33. The van der Waals surface area contributed by atoms with Crippen molar-refractivity contribution in [2.75, 3.05) is 13.2 Å². The molecule has 0 saturated heterocycles. The van der Waals surface area contributed by atoms with Gasteiger partial charge in [0.25, 0.3) is 0 Å². The Hall–Kier alpha value is -2.81. The lowest BCUT2D eigenvalue weighted by atomic mass is 9.87. The Kier molecular flexibility index (Phi) is 5.59. The zero-order valence-corrected chi connectivity index (χ0v) is 13.9. The summed E-state index contributed by atoms with van der Waals surface area (Å²) >= 11 is 0. The lowest BCUT2D eigenvalue weighted by Crippen LogP contribution is -2.30. The summed E-state index contributed by atoms with van der Waals surface area (Å²) in [7, 11) is 0. The smallest absolute Gasteiger partial charge is 0.348 e. The van der Waals surface area contributed by atoms with Crippen LogP contribution in [0.2, 0.25) is 0 Å². The maximum Gasteiger partial charge on any atom is 0.348 e. The van der Waals surface area contributed by atoms with Crippen LogP contribution in [0.4, 0.5) is 0 Å². The second-order valence-electron chi connectivity index (χ2n) is 5.19. The van der Waals surface area contributed by atoms with Gasteiger partial charge in [-0.3, -0.25) is 0 Å². The van der Waals surface area contributed by atoms with E-state index in [0.29, 0.717) is 22.5 Å². The molecule has 6 heteroatoms. The van der Waals surface area contributed by atoms with Crippen LogP contribution < -0.4 is 0 Å². The molecule has 0 aliphatic carbocycles. The fourth-order valence-corrected chi connectivity index (χ4v) is 2.69. The Morgan fingerprint density at radius 3 is 2.33 bits per heavy atom. The topological polar surface area (TPSA) is 85.6 Å². The van der Waals surface area contributed by atoms with Crippen LogP contribution in [0.3, 0.4) is 0 Å². The summed E-state index contributed by atoms with van der Waals surface area (Å²) in [6.45, 7) is 5.48. The molecule has 0 N–H and O–H groups in total. The predicted molar refractivity (Wildman–Crippen MR) is 84.7 cm³/mol. The van der Waals surface area contributed by atoms with Crippen molar-refractivity contribution in [1.82, 2.24) is 0 Å². The van der Waals surface area contributed by atoms with Crippen LogP contribution in [0.1, 0.15) is 37.8 Å². The largest absolute Gasteiger partial charge is 0.482 e. The molecule has 6 nitrogen and oxygen atoms in total. The molecule has 0 amide bonds. The van der Waals surface area contributed by atoms with Crippen LogP contribution in [0, 0.1) is 11.3 Å². The van der Waals surface area contributed by atoms with Crippen molar-refractivity contribution in [3.8, 4) is 6.07 Å². The van der Waals surface area contributed by atoms with Gasteiger partial charge in [-0.1, -0.05) is 12.1 Å². The van der Waals surface area contributed by atoms with Gasteiger partial charge in [0, 0.05) is 0 Å². The lowest BCUT2D eigenvalue weighted by molar-refractivity contribution is -0.153. The number of ether oxygens (including phenoxy) is 3. The lowest BCUT2D eigenvalue weighted by Gasteiger charge is -2.19. The minimum atomic E-state index is -0.947. The zero-order valence-electron chi connectivity index (χ0n) is 13.9. The first-order valence-electron chi connectivity index (χ1n) is 7.74. The molecule has 0 saturated carbocycles. The number of hydrogen-bond acceptors (Lipinski definition) is 6. The number of nitrogens with zero attached hydrogens (tertiary/aromatic N) is 1. The molecule has 126 valence electrons. The van der Waals surface area contributed by atoms with Crippen LogP contribution in [0.5, 0.6) is 0 Å². The Morgan fingerprint density at radius 1 is 1.17 bits per heavy atom. The molecule has 0 unspecified atom stereocenters. The van der Waals surface area contributed by atoms with Crippen molar-refractivity contribution < 1.29 is 23.8 Å². The zero-order chi connectivity index (χ0) is 17.7. The van der Waals surface area contributed by atoms with Gasteiger partial charge in [-0.05, 0) is 38.5 Å². The highest BCUT2D eigenvalue weighted by atomic mass is 16.6. The number of esters is 2. The monoisotopic (exact) mass is 329 g/mol. The first-order valence-corrected chi connectivity index (χ1v) is 7.74. The molecule has 24 heavy (non-hydrogen) atoms. The number of rotatable bonds is 5. The van der Waals surface area contributed by atoms with E-state index < -0.39 is 24.0 Å². The van der Waals surface area contributed by atoms with Gasteiger partial charge in [-0.25, -0.2) is 9.59 Å². The fraction of sp³-hybridized carbons (Fsp3) is 0.389. The van der Waals surface area contributed by atoms with Crippen molar-refractivity contribution in [3.05, 3.63) is 46.7 Å². The molecule has 0 radical (unpaired) electrons. The van der Waals surface area contributed by atoms with Crippen LogP contribution in [-0.2, 0) is 23.8 Å². The van der Waals surface area contributed by atoms with E-state index >= 15 is 0 Å². The minimum absolute atomic E-state index is 0.215. The van der Waals surface area contributed by atoms with Crippen LogP contribution in [0.25, 0.3) is 0 Å². The maximum atomic E-state index is 12.3. The summed E-state index contributed by atoms with van der Waals surface area (Å²) in [6.07, 6.45) is -0.947. The van der Waals surface area contributed by atoms with Gasteiger partial charge in [0.15, 0.2) is 0 Å². The molecule has 1 aromatic carbocycles. The predicted octanol–water partition coefficient (Wildman–Crippen LogP) is 2.44. The van der Waals surface area contributed by atoms with E-state index in [9.17, 15) is 9.59 Å². The average molecular weight is 329 g/mol. The third-order valence-electron chi connectivity index (χ3n) is 3.71. The summed E-state index contributed by atoms with van der Waals surface area (Å²) in [4.78, 5) is 24.6. The van der Waals surface area contributed by atoms with E-state index in [1.165, 1.54) is 0 Å². The summed E-state index contributed by atoms with van der Waals surface area (Å²) < 4.78 is 15.8. The van der Waals surface area contributed by atoms with Crippen molar-refractivity contribution in [3.63, 3.8) is 0 Å². The molecule has 2 atom stereocenters. The second kappa shape index (κ2) is 7.64. The van der Waals surface area contributed by atoms with Crippen LogP contribution in [-0.4, -0.2) is 31.3 Å². The molecule has 1 aromatic rings. The normalized spacial score (nSPS) is 19.4. The number of carbonyl (C=O) groups is 2. The average Bonchev–Trinajstić information content (AvgIpc) is 2.93. The fourth-order valence-electron chi connectivity index (χ4n) is 2.69. The number of allylic oxidation sites excluding steroid dienone is 1. The molecule has 2 rings (SSSR count). The van der Waals surface area contributed by atoms with E-state index in [1.807, 2.05) is 6.07 Å². The Bertz CT molecular complexity index is 699. The quantitative estimate of drug-likeness (QED) is 0.771. The summed E-state index contributed by atoms with van der Waals surface area (Å²) in [6, 6.07) is 8.71. The third-order valence-corrected chi connectivity index (χ3v) is 3.71. The van der Waals surface area contributed by atoms with E-state index in [4.69, 9.17) is 19.5 Å². The number of carbonyl (C=O) groups excluding carboxylic acids is 2.